The van der Waals surface area contributed by atoms with Crippen molar-refractivity contribution in [3.63, 3.8) is 0 Å². The van der Waals surface area contributed by atoms with Gasteiger partial charge in [-0.25, -0.2) is 14.5 Å². The quantitative estimate of drug-likeness (QED) is 0.617. The summed E-state index contributed by atoms with van der Waals surface area (Å²) in [5, 5.41) is 7.90. The Morgan fingerprint density at radius 3 is 3.00 bits per heavy atom. The molecule has 7 nitrogen and oxygen atoms in total. The van der Waals surface area contributed by atoms with Gasteiger partial charge < -0.3 is 5.32 Å². The van der Waals surface area contributed by atoms with Crippen molar-refractivity contribution in [2.24, 2.45) is 0 Å². The van der Waals surface area contributed by atoms with Gasteiger partial charge in [-0.3, -0.25) is 4.79 Å². The van der Waals surface area contributed by atoms with Crippen LogP contribution in [0.2, 0.25) is 0 Å². The number of carbonyl (C=O) groups is 1. The van der Waals surface area contributed by atoms with Crippen LogP contribution in [0.3, 0.4) is 0 Å². The predicted molar refractivity (Wildman–Crippen MR) is 86.4 cm³/mol. The number of carbonyl (C=O) groups excluding carboxylic acids is 1. The summed E-state index contributed by atoms with van der Waals surface area (Å²) in [6.07, 6.45) is 3.99. The Kier molecular flexibility index (Phi) is 3.43. The average molecular weight is 324 g/mol. The van der Waals surface area contributed by atoms with Crippen molar-refractivity contribution in [1.82, 2.24) is 29.9 Å². The predicted octanol–water partition coefficient (Wildman–Crippen LogP) is 1.71. The van der Waals surface area contributed by atoms with Crippen molar-refractivity contribution in [1.29, 1.82) is 0 Å². The van der Waals surface area contributed by atoms with Crippen molar-refractivity contribution >= 4 is 33.2 Å². The van der Waals surface area contributed by atoms with Gasteiger partial charge >= 0.3 is 0 Å². The van der Waals surface area contributed by atoms with E-state index in [0.29, 0.717) is 18.7 Å². The minimum absolute atomic E-state index is 0.119. The molecule has 0 bridgehead atoms. The maximum atomic E-state index is 12.1. The van der Waals surface area contributed by atoms with Gasteiger partial charge in [-0.1, -0.05) is 12.1 Å². The summed E-state index contributed by atoms with van der Waals surface area (Å²) < 4.78 is 2.63. The normalized spacial score (nSPS) is 11.1. The molecule has 0 atom stereocenters. The smallest absolute Gasteiger partial charge is 0.291 e. The van der Waals surface area contributed by atoms with E-state index in [0.717, 1.165) is 15.2 Å². The highest BCUT2D eigenvalue weighted by atomic mass is 32.1. The summed E-state index contributed by atoms with van der Waals surface area (Å²) in [5.74, 6) is 0.216. The molecule has 0 saturated heterocycles. The molecule has 0 aliphatic carbocycles. The molecule has 4 aromatic rings. The van der Waals surface area contributed by atoms with Crippen LogP contribution in [-0.4, -0.2) is 37.0 Å². The number of hydrogen-bond donors (Lipinski definition) is 1. The third-order valence-electron chi connectivity index (χ3n) is 3.28. The van der Waals surface area contributed by atoms with Crippen molar-refractivity contribution in [2.75, 3.05) is 6.54 Å². The Bertz CT molecular complexity index is 926. The van der Waals surface area contributed by atoms with Gasteiger partial charge in [0.25, 0.3) is 11.7 Å². The van der Waals surface area contributed by atoms with Gasteiger partial charge in [0.15, 0.2) is 0 Å². The van der Waals surface area contributed by atoms with E-state index in [2.05, 4.69) is 25.4 Å². The summed E-state index contributed by atoms with van der Waals surface area (Å²) in [7, 11) is 0. The SMILES string of the molecule is O=C(NCCc1nc2ccccc2s1)c1nc2ncccn2n1. The lowest BCUT2D eigenvalue weighted by atomic mass is 10.3. The summed E-state index contributed by atoms with van der Waals surface area (Å²) >= 11 is 1.64. The summed E-state index contributed by atoms with van der Waals surface area (Å²) in [4.78, 5) is 24.7. The number of aromatic nitrogens is 5. The van der Waals surface area contributed by atoms with Crippen LogP contribution in [0, 0.1) is 0 Å². The molecular formula is C15H12N6OS. The van der Waals surface area contributed by atoms with Crippen molar-refractivity contribution in [3.05, 3.63) is 53.6 Å². The number of rotatable bonds is 4. The summed E-state index contributed by atoms with van der Waals surface area (Å²) in [6.45, 7) is 0.488. The van der Waals surface area contributed by atoms with Crippen molar-refractivity contribution in [3.8, 4) is 0 Å². The van der Waals surface area contributed by atoms with Crippen LogP contribution in [0.4, 0.5) is 0 Å². The largest absolute Gasteiger partial charge is 0.349 e. The van der Waals surface area contributed by atoms with E-state index in [9.17, 15) is 4.79 Å². The van der Waals surface area contributed by atoms with Gasteiger partial charge in [0.05, 0.1) is 15.2 Å². The molecule has 0 fully saturated rings. The van der Waals surface area contributed by atoms with E-state index < -0.39 is 0 Å². The Morgan fingerprint density at radius 2 is 2.13 bits per heavy atom. The molecule has 4 rings (SSSR count). The van der Waals surface area contributed by atoms with E-state index in [1.54, 1.807) is 29.8 Å². The van der Waals surface area contributed by atoms with Gasteiger partial charge in [0.2, 0.25) is 5.82 Å². The fraction of sp³-hybridized carbons (Fsp3) is 0.133. The van der Waals surface area contributed by atoms with E-state index >= 15 is 0 Å². The number of para-hydroxylation sites is 1. The fourth-order valence-corrected chi connectivity index (χ4v) is 3.18. The lowest BCUT2D eigenvalue weighted by Crippen LogP contribution is -2.26. The standard InChI is InChI=1S/C15H12N6OS/c22-14(13-19-15-17-7-3-9-21(15)20-13)16-8-6-12-18-10-4-1-2-5-11(10)23-12/h1-5,7,9H,6,8H2,(H,16,22). The van der Waals surface area contributed by atoms with Crippen LogP contribution < -0.4 is 5.32 Å². The van der Waals surface area contributed by atoms with E-state index in [-0.39, 0.29) is 11.7 Å². The van der Waals surface area contributed by atoms with E-state index in [1.807, 2.05) is 24.3 Å². The highest BCUT2D eigenvalue weighted by molar-refractivity contribution is 7.18. The fourth-order valence-electron chi connectivity index (χ4n) is 2.22. The van der Waals surface area contributed by atoms with Gasteiger partial charge in [-0.2, -0.15) is 4.98 Å². The molecule has 0 aliphatic heterocycles. The van der Waals surface area contributed by atoms with E-state index in [4.69, 9.17) is 0 Å². The molecule has 1 amide bonds. The van der Waals surface area contributed by atoms with Crippen LogP contribution in [0.25, 0.3) is 16.0 Å². The maximum Gasteiger partial charge on any atom is 0.291 e. The van der Waals surface area contributed by atoms with Crippen LogP contribution >= 0.6 is 11.3 Å². The highest BCUT2D eigenvalue weighted by Crippen LogP contribution is 2.21. The van der Waals surface area contributed by atoms with Crippen molar-refractivity contribution in [2.45, 2.75) is 6.42 Å². The average Bonchev–Trinajstić information content (AvgIpc) is 3.18. The molecule has 1 aromatic carbocycles. The summed E-state index contributed by atoms with van der Waals surface area (Å²) in [6, 6.07) is 9.73. The zero-order valence-electron chi connectivity index (χ0n) is 12.0. The molecule has 114 valence electrons. The second-order valence-electron chi connectivity index (χ2n) is 4.88. The first-order valence-electron chi connectivity index (χ1n) is 7.10. The zero-order valence-corrected chi connectivity index (χ0v) is 12.8. The second-order valence-corrected chi connectivity index (χ2v) is 6.00. The number of hydrogen-bond acceptors (Lipinski definition) is 6. The number of thiazole rings is 1. The number of nitrogens with one attached hydrogen (secondary N) is 1. The molecular weight excluding hydrogens is 312 g/mol. The van der Waals surface area contributed by atoms with Gasteiger partial charge in [0, 0.05) is 25.4 Å². The first kappa shape index (κ1) is 13.8. The Balaban J connectivity index is 1.41. The van der Waals surface area contributed by atoms with Gasteiger partial charge in [-0.05, 0) is 18.2 Å². The number of nitrogens with zero attached hydrogens (tertiary/aromatic N) is 5. The lowest BCUT2D eigenvalue weighted by Gasteiger charge is -1.99. The zero-order chi connectivity index (χ0) is 15.6. The minimum atomic E-state index is -0.309. The van der Waals surface area contributed by atoms with Crippen LogP contribution in [-0.2, 0) is 6.42 Å². The van der Waals surface area contributed by atoms with E-state index in [1.165, 1.54) is 4.52 Å². The van der Waals surface area contributed by atoms with Gasteiger partial charge in [-0.15, -0.1) is 16.4 Å². The number of fused-ring (bicyclic) bond motifs is 2. The third kappa shape index (κ3) is 2.76. The Hall–Kier alpha value is -2.87. The molecule has 3 heterocycles. The van der Waals surface area contributed by atoms with Crippen LogP contribution in [0.15, 0.2) is 42.7 Å². The van der Waals surface area contributed by atoms with Crippen LogP contribution in [0.1, 0.15) is 15.6 Å². The molecule has 3 aromatic heterocycles. The monoisotopic (exact) mass is 324 g/mol. The first-order valence-corrected chi connectivity index (χ1v) is 7.91. The highest BCUT2D eigenvalue weighted by Gasteiger charge is 2.13. The molecule has 0 saturated carbocycles. The molecule has 0 spiro atoms. The molecule has 0 unspecified atom stereocenters. The third-order valence-corrected chi connectivity index (χ3v) is 4.38. The molecule has 8 heteroatoms. The Labute approximate surface area is 135 Å². The van der Waals surface area contributed by atoms with Crippen LogP contribution in [0.5, 0.6) is 0 Å². The number of amides is 1. The topological polar surface area (TPSA) is 85.1 Å². The van der Waals surface area contributed by atoms with Gasteiger partial charge in [0.1, 0.15) is 0 Å². The second kappa shape index (κ2) is 5.73. The first-order chi connectivity index (χ1) is 11.3. The Morgan fingerprint density at radius 1 is 1.22 bits per heavy atom. The lowest BCUT2D eigenvalue weighted by molar-refractivity contribution is 0.0944. The molecule has 23 heavy (non-hydrogen) atoms. The maximum absolute atomic E-state index is 12.1. The summed E-state index contributed by atoms with van der Waals surface area (Å²) in [5.41, 5.74) is 0.993. The molecule has 0 radical (unpaired) electrons. The minimum Gasteiger partial charge on any atom is -0.349 e. The van der Waals surface area contributed by atoms with Crippen molar-refractivity contribution < 1.29 is 4.79 Å². The number of benzene rings is 1. The molecule has 0 aliphatic rings. The molecule has 1 N–H and O–H groups in total.